The second-order valence-electron chi connectivity index (χ2n) is 7.59. The molecule has 2 saturated heterocycles. The van der Waals surface area contributed by atoms with Gasteiger partial charge in [-0.15, -0.1) is 5.10 Å². The van der Waals surface area contributed by atoms with Gasteiger partial charge in [0.05, 0.1) is 6.20 Å². The lowest BCUT2D eigenvalue weighted by molar-refractivity contribution is 0.0659. The monoisotopic (exact) mass is 401 g/mol. The first kappa shape index (κ1) is 18.9. The van der Waals surface area contributed by atoms with Crippen LogP contribution in [0.4, 0.5) is 0 Å². The molecule has 4 rings (SSSR count). The number of carbonyl (C=O) groups is 2. The van der Waals surface area contributed by atoms with Crippen molar-refractivity contribution in [2.45, 2.75) is 32.2 Å². The Morgan fingerprint density at radius 3 is 2.46 bits per heavy atom. The van der Waals surface area contributed by atoms with Crippen LogP contribution in [0, 0.1) is 5.92 Å². The van der Waals surface area contributed by atoms with Crippen LogP contribution in [0.15, 0.2) is 30.5 Å². The number of benzene rings is 1. The lowest BCUT2D eigenvalue weighted by atomic mass is 9.97. The van der Waals surface area contributed by atoms with Gasteiger partial charge in [-0.1, -0.05) is 16.8 Å². The summed E-state index contributed by atoms with van der Waals surface area (Å²) in [5.74, 6) is 0.290. The molecule has 0 radical (unpaired) electrons. The smallest absolute Gasteiger partial charge is 0.276 e. The second-order valence-corrected chi connectivity index (χ2v) is 8.03. The van der Waals surface area contributed by atoms with Crippen LogP contribution in [0.3, 0.4) is 0 Å². The fraction of sp³-hybridized carbons (Fsp3) is 0.500. The number of nitrogens with zero attached hydrogens (tertiary/aromatic N) is 5. The molecule has 2 aliphatic rings. The summed E-state index contributed by atoms with van der Waals surface area (Å²) in [4.78, 5) is 28.9. The van der Waals surface area contributed by atoms with E-state index in [1.807, 2.05) is 9.80 Å². The molecule has 0 N–H and O–H groups in total. The third-order valence-corrected chi connectivity index (χ3v) is 5.75. The molecule has 28 heavy (non-hydrogen) atoms. The van der Waals surface area contributed by atoms with Gasteiger partial charge in [0.1, 0.15) is 0 Å². The molecular weight excluding hydrogens is 378 g/mol. The van der Waals surface area contributed by atoms with Crippen LogP contribution in [-0.2, 0) is 6.54 Å². The molecular formula is C20H24ClN5O2. The van der Waals surface area contributed by atoms with E-state index in [0.29, 0.717) is 35.3 Å². The summed E-state index contributed by atoms with van der Waals surface area (Å²) in [7, 11) is 0. The lowest BCUT2D eigenvalue weighted by Gasteiger charge is -2.32. The Hall–Kier alpha value is -2.41. The first-order valence-electron chi connectivity index (χ1n) is 9.84. The molecule has 1 unspecified atom stereocenters. The van der Waals surface area contributed by atoms with Gasteiger partial charge in [0.2, 0.25) is 0 Å². The molecule has 0 bridgehead atoms. The number of aromatic nitrogens is 3. The molecule has 2 fully saturated rings. The molecule has 2 aliphatic heterocycles. The highest BCUT2D eigenvalue weighted by Crippen LogP contribution is 2.21. The molecule has 1 atom stereocenters. The van der Waals surface area contributed by atoms with Crippen molar-refractivity contribution in [1.82, 2.24) is 24.8 Å². The van der Waals surface area contributed by atoms with Gasteiger partial charge in [0.15, 0.2) is 5.69 Å². The van der Waals surface area contributed by atoms with E-state index in [1.165, 1.54) is 0 Å². The lowest BCUT2D eigenvalue weighted by Crippen LogP contribution is -2.41. The van der Waals surface area contributed by atoms with Gasteiger partial charge in [0, 0.05) is 43.3 Å². The quantitative estimate of drug-likeness (QED) is 0.789. The van der Waals surface area contributed by atoms with Gasteiger partial charge in [-0.25, -0.2) is 0 Å². The van der Waals surface area contributed by atoms with E-state index in [2.05, 4.69) is 10.3 Å². The minimum atomic E-state index is -0.0352. The van der Waals surface area contributed by atoms with Crippen molar-refractivity contribution in [3.05, 3.63) is 46.7 Å². The second kappa shape index (κ2) is 8.31. The summed E-state index contributed by atoms with van der Waals surface area (Å²) in [5.41, 5.74) is 1.07. The zero-order chi connectivity index (χ0) is 19.5. The summed E-state index contributed by atoms with van der Waals surface area (Å²) in [6, 6.07) is 7.01. The fourth-order valence-corrected chi connectivity index (χ4v) is 4.13. The van der Waals surface area contributed by atoms with Crippen LogP contribution in [0.5, 0.6) is 0 Å². The van der Waals surface area contributed by atoms with Crippen molar-refractivity contribution in [3.8, 4) is 0 Å². The van der Waals surface area contributed by atoms with Crippen LogP contribution < -0.4 is 0 Å². The number of hydrogen-bond acceptors (Lipinski definition) is 4. The van der Waals surface area contributed by atoms with Crippen LogP contribution in [0.25, 0.3) is 0 Å². The van der Waals surface area contributed by atoms with Crippen molar-refractivity contribution in [3.63, 3.8) is 0 Å². The predicted octanol–water partition coefficient (Wildman–Crippen LogP) is 2.72. The first-order valence-corrected chi connectivity index (χ1v) is 10.2. The Bertz CT molecular complexity index is 845. The average molecular weight is 402 g/mol. The minimum absolute atomic E-state index is 0.0323. The van der Waals surface area contributed by atoms with Crippen LogP contribution in [0.2, 0.25) is 5.02 Å². The van der Waals surface area contributed by atoms with Crippen molar-refractivity contribution in [2.75, 3.05) is 26.2 Å². The molecule has 8 heteroatoms. The predicted molar refractivity (Wildman–Crippen MR) is 105 cm³/mol. The van der Waals surface area contributed by atoms with Gasteiger partial charge < -0.3 is 9.80 Å². The zero-order valence-corrected chi connectivity index (χ0v) is 16.5. The van der Waals surface area contributed by atoms with Gasteiger partial charge in [-0.05, 0) is 55.9 Å². The molecule has 0 saturated carbocycles. The van der Waals surface area contributed by atoms with E-state index in [-0.39, 0.29) is 11.8 Å². The van der Waals surface area contributed by atoms with Crippen molar-refractivity contribution in [1.29, 1.82) is 0 Å². The Labute approximate surface area is 169 Å². The highest BCUT2D eigenvalue weighted by molar-refractivity contribution is 6.30. The zero-order valence-electron chi connectivity index (χ0n) is 15.8. The average Bonchev–Trinajstić information content (AvgIpc) is 3.40. The Morgan fingerprint density at radius 1 is 1.00 bits per heavy atom. The fourth-order valence-electron chi connectivity index (χ4n) is 4.01. The summed E-state index contributed by atoms with van der Waals surface area (Å²) in [6.45, 7) is 3.70. The Morgan fingerprint density at radius 2 is 1.71 bits per heavy atom. The first-order chi connectivity index (χ1) is 13.6. The van der Waals surface area contributed by atoms with Crippen molar-refractivity contribution < 1.29 is 9.59 Å². The molecule has 148 valence electrons. The van der Waals surface area contributed by atoms with Gasteiger partial charge in [-0.2, -0.15) is 0 Å². The van der Waals surface area contributed by atoms with Gasteiger partial charge in [0.25, 0.3) is 11.8 Å². The molecule has 1 aromatic heterocycles. The number of rotatable bonds is 4. The topological polar surface area (TPSA) is 71.3 Å². The molecule has 3 heterocycles. The van der Waals surface area contributed by atoms with E-state index < -0.39 is 0 Å². The highest BCUT2D eigenvalue weighted by Gasteiger charge is 2.26. The summed E-state index contributed by atoms with van der Waals surface area (Å²) < 4.78 is 1.74. The van der Waals surface area contributed by atoms with E-state index >= 15 is 0 Å². The van der Waals surface area contributed by atoms with Gasteiger partial charge in [-0.3, -0.25) is 14.3 Å². The maximum atomic E-state index is 12.7. The Balaban J connectivity index is 1.37. The van der Waals surface area contributed by atoms with E-state index in [4.69, 9.17) is 11.6 Å². The van der Waals surface area contributed by atoms with Gasteiger partial charge >= 0.3 is 0 Å². The SMILES string of the molecule is O=C(c1ccc(Cl)cc1)N1CCCC(Cn2cc(C(=O)N3CCCC3)nn2)C1. The van der Waals surface area contributed by atoms with Crippen LogP contribution >= 0.6 is 11.6 Å². The van der Waals surface area contributed by atoms with Crippen LogP contribution in [0.1, 0.15) is 46.5 Å². The number of amides is 2. The summed E-state index contributed by atoms with van der Waals surface area (Å²) in [5, 5.41) is 8.83. The maximum absolute atomic E-state index is 12.7. The van der Waals surface area contributed by atoms with Crippen molar-refractivity contribution in [2.24, 2.45) is 5.92 Å². The minimum Gasteiger partial charge on any atom is -0.338 e. The molecule has 2 amide bonds. The van der Waals surface area contributed by atoms with E-state index in [0.717, 1.165) is 45.3 Å². The summed E-state index contributed by atoms with van der Waals surface area (Å²) in [6.07, 6.45) is 5.83. The van der Waals surface area contributed by atoms with Crippen molar-refractivity contribution >= 4 is 23.4 Å². The molecule has 1 aromatic carbocycles. The molecule has 0 spiro atoms. The number of carbonyl (C=O) groups excluding carboxylic acids is 2. The maximum Gasteiger partial charge on any atom is 0.276 e. The number of likely N-dealkylation sites (tertiary alicyclic amines) is 2. The number of piperidine rings is 1. The van der Waals surface area contributed by atoms with E-state index in [1.54, 1.807) is 35.1 Å². The van der Waals surface area contributed by atoms with E-state index in [9.17, 15) is 9.59 Å². The largest absolute Gasteiger partial charge is 0.338 e. The Kier molecular flexibility index (Phi) is 5.62. The normalized spacial score (nSPS) is 19.8. The molecule has 2 aromatic rings. The number of hydrogen-bond donors (Lipinski definition) is 0. The standard InChI is InChI=1S/C20H24ClN5O2/c21-17-7-5-16(6-8-17)19(27)25-11-3-4-15(12-25)13-26-14-18(22-23-26)20(28)24-9-1-2-10-24/h5-8,14-15H,1-4,9-13H2. The third-order valence-electron chi connectivity index (χ3n) is 5.49. The molecule has 7 nitrogen and oxygen atoms in total. The third kappa shape index (κ3) is 4.19. The van der Waals surface area contributed by atoms with Crippen LogP contribution in [-0.4, -0.2) is 62.8 Å². The highest BCUT2D eigenvalue weighted by atomic mass is 35.5. The summed E-state index contributed by atoms with van der Waals surface area (Å²) >= 11 is 5.91. The molecule has 0 aliphatic carbocycles. The number of halogens is 1.